The van der Waals surface area contributed by atoms with Crippen LogP contribution in [-0.4, -0.2) is 25.5 Å². The van der Waals surface area contributed by atoms with Crippen LogP contribution in [0.5, 0.6) is 28.7 Å². The molecule has 5 unspecified atom stereocenters. The molecule has 0 aliphatic heterocycles. The van der Waals surface area contributed by atoms with E-state index in [1.165, 1.54) is 173 Å². The molecule has 141 heavy (non-hydrogen) atoms. The zero-order chi connectivity index (χ0) is 104. The Kier molecular flexibility index (Phi) is 56.4. The van der Waals surface area contributed by atoms with Crippen molar-refractivity contribution in [1.29, 1.82) is 0 Å². The molecular weight excluding hydrogens is 2110 g/mol. The Balaban J connectivity index is 0.000000264. The molecule has 0 fully saturated rings. The minimum atomic E-state index is -0.118. The fourth-order valence-electron chi connectivity index (χ4n) is 14.5. The predicted molar refractivity (Wildman–Crippen MR) is 604 cm³/mol. The van der Waals surface area contributed by atoms with E-state index in [0.29, 0.717) is 104 Å². The third-order valence-electron chi connectivity index (χ3n) is 22.0. The number of phenolic OH excluding ortho intramolecular Hbond substituents is 5. The Hall–Kier alpha value is -6.53. The first-order valence-electron chi connectivity index (χ1n) is 45.6. The van der Waals surface area contributed by atoms with E-state index in [0.717, 1.165) is 82.8 Å². The topological polar surface area (TPSA) is 172 Å². The molecule has 0 heterocycles. The summed E-state index contributed by atoms with van der Waals surface area (Å²) in [5.41, 5.74) is 20.8. The fraction of sp³-hybridized carbons (Fsp3) is 0.224. The van der Waals surface area contributed by atoms with Crippen LogP contribution >= 0.6 is 89.4 Å². The zero-order valence-electron chi connectivity index (χ0n) is 83.2. The van der Waals surface area contributed by atoms with Gasteiger partial charge >= 0.3 is 143 Å². The molecule has 0 aliphatic carbocycles. The molecular formula is C116H127Cl5N5O5P5Ti5. The summed E-state index contributed by atoms with van der Waals surface area (Å²) in [6.45, 7) is 39.6. The first-order valence-corrected chi connectivity index (χ1v) is 61.3. The Morgan fingerprint density at radius 1 is 0.213 bits per heavy atom. The van der Waals surface area contributed by atoms with Crippen LogP contribution in [0.25, 0.3) is 26.6 Å². The van der Waals surface area contributed by atoms with Crippen molar-refractivity contribution in [1.82, 2.24) is 0 Å². The molecule has 0 aliphatic rings. The van der Waals surface area contributed by atoms with Crippen LogP contribution in [-0.2, 0) is 151 Å². The average Bonchev–Trinajstić information content (AvgIpc) is 0.787. The number of hydrogen-bond donors (Lipinski definition) is 5. The molecule has 25 heteroatoms. The van der Waals surface area contributed by atoms with Gasteiger partial charge < -0.3 is 52.1 Å². The number of rotatable bonds is 25. The van der Waals surface area contributed by atoms with Gasteiger partial charge in [-0.3, -0.25) is 0 Å². The van der Waals surface area contributed by atoms with Crippen LogP contribution in [0.4, 0.5) is 28.4 Å². The van der Waals surface area contributed by atoms with Gasteiger partial charge in [0.2, 0.25) is 0 Å². The minimum absolute atomic E-state index is 0.0229. The molecule has 10 nitrogen and oxygen atoms in total. The molecule has 5 atom stereocenters. The summed E-state index contributed by atoms with van der Waals surface area (Å²) in [5, 5.41) is 87.8. The number of hydrogen-bond acceptors (Lipinski definition) is 5. The Labute approximate surface area is 928 Å². The number of aromatic hydroxyl groups is 5. The summed E-state index contributed by atoms with van der Waals surface area (Å²) in [5.74, 6) is 2.05. The summed E-state index contributed by atoms with van der Waals surface area (Å²) < 4.78 is 0. The molecule has 0 amide bonds. The molecule has 0 radical (unpaired) electrons. The second-order valence-corrected chi connectivity index (χ2v) is 43.6. The molecule has 15 rings (SSSR count). The first kappa shape index (κ1) is 123. The van der Waals surface area contributed by atoms with Crippen LogP contribution in [0, 0.1) is 34.6 Å². The Morgan fingerprint density at radius 2 is 0.433 bits per heavy atom. The number of phenols is 5. The summed E-state index contributed by atoms with van der Waals surface area (Å²) in [6, 6.07) is 115. The second kappa shape index (κ2) is 64.6. The first-order chi connectivity index (χ1) is 67.6. The molecule has 0 saturated heterocycles. The summed E-state index contributed by atoms with van der Waals surface area (Å²) in [7, 11) is 25.2. The Morgan fingerprint density at radius 3 is 0.716 bits per heavy atom. The van der Waals surface area contributed by atoms with Crippen LogP contribution in [0.1, 0.15) is 161 Å². The van der Waals surface area contributed by atoms with Gasteiger partial charge in [0.1, 0.15) is 28.7 Å². The molecule has 5 N–H and O–H groups in total. The summed E-state index contributed by atoms with van der Waals surface area (Å²) in [6.07, 6.45) is 0. The van der Waals surface area contributed by atoms with E-state index in [9.17, 15) is 25.5 Å². The van der Waals surface area contributed by atoms with Crippen molar-refractivity contribution in [2.45, 2.75) is 172 Å². The molecule has 726 valence electrons. The molecule has 0 spiro atoms. The van der Waals surface area contributed by atoms with Crippen molar-refractivity contribution in [3.8, 4) is 28.7 Å². The maximum absolute atomic E-state index is 11.2. The summed E-state index contributed by atoms with van der Waals surface area (Å²) >= 11 is 7.36. The maximum atomic E-state index is 11.2. The SMILES string of the molecule is CC(C)(C)c1cc(Pc2ccccc2C[N-]c2ccccc2)c(O)c(C(C)(C)C)c1.Cc1cc(C(C)(C)C)cc(Pc2ccccc2C[N-]c2ccccc2)c1O.Cc1cc(C)c(O)c(Pc2ccccc2C[N-]c2ccccc2)c1.Cc1cc(Pc2ccccc2C[N-]c2ccccc2)c(O)c(C(C)(C)C)c1.Cc1ccc(O)c(Pc2ccccc2C[N-]c2ccccc2)c1.[Cl][Ti+].[Cl][Ti+].[Cl][Ti+].[Cl][Ti+].[Cl][Ti+]. The van der Waals surface area contributed by atoms with Gasteiger partial charge in [0.05, 0.1) is 0 Å². The third-order valence-corrected chi connectivity index (χ3v) is 29.0. The van der Waals surface area contributed by atoms with Crippen LogP contribution in [0.2, 0.25) is 0 Å². The van der Waals surface area contributed by atoms with Crippen LogP contribution < -0.4 is 53.0 Å². The van der Waals surface area contributed by atoms with Crippen molar-refractivity contribution in [2.75, 3.05) is 0 Å². The van der Waals surface area contributed by atoms with Gasteiger partial charge in [-0.15, -0.1) is 61.2 Å². The molecule has 15 aromatic rings. The van der Waals surface area contributed by atoms with Crippen molar-refractivity contribution < 1.29 is 122 Å². The second-order valence-electron chi connectivity index (χ2n) is 37.0. The van der Waals surface area contributed by atoms with Crippen molar-refractivity contribution in [2.24, 2.45) is 0 Å². The number of halogens is 5. The normalized spacial score (nSPS) is 11.0. The molecule has 0 bridgehead atoms. The van der Waals surface area contributed by atoms with Gasteiger partial charge in [-0.2, -0.15) is 0 Å². The van der Waals surface area contributed by atoms with Gasteiger partial charge in [0, 0.05) is 37.6 Å². The molecule has 15 aromatic carbocycles. The van der Waals surface area contributed by atoms with Gasteiger partial charge in [-0.1, -0.05) is 463 Å². The van der Waals surface area contributed by atoms with Crippen molar-refractivity contribution in [3.63, 3.8) is 0 Å². The van der Waals surface area contributed by atoms with Gasteiger partial charge in [0.15, 0.2) is 0 Å². The van der Waals surface area contributed by atoms with E-state index < -0.39 is 0 Å². The van der Waals surface area contributed by atoms with Crippen molar-refractivity contribution >= 4 is 171 Å². The van der Waals surface area contributed by atoms with Gasteiger partial charge in [-0.05, 0) is 153 Å². The fourth-order valence-corrected chi connectivity index (χ4v) is 21.1. The predicted octanol–water partition coefficient (Wildman–Crippen LogP) is 31.3. The average molecular weight is 2240 g/mol. The standard InChI is InChI=1S/C27H33NOP.2C24H27NOP.C21H21NOP.C20H19NOP.5ClH.5Ti/c1-26(2,3)20-16-22(27(4,5)6)25(29)24(17-20)30-23-15-11-10-12-19(23)18-28-21-13-8-7-9-14-21;1-17-14-19(24(2,3)4)15-22(23(17)26)27-21-13-9-8-10-18(21)16-25-20-11-6-5-7-12-20;1-17-14-20(24(2,3)4)23(26)22(15-17)27-21-13-9-8-10-18(21)16-25-19-11-6-5-7-12-19;1-15-12-16(2)21(23)20(13-15)24-19-11-7-6-8-17(19)14-22-18-9-4-3-5-10-18;1-15-11-12-18(22)20(13-15)23-19-10-6-5-7-16(19)14-21-17-8-3-2-4-9-17;;;;;;;;;;/h7-17,29-30H,18H2,1-6H3;2*5-15,26-27H,16H2,1-4H3;3-13,23-24H,14H2,1-2H3;2-13,22-23H,14H2,1H3;5*1H;;;;;/q5*-1;;;;;;5*+2/p-5. The van der Waals surface area contributed by atoms with E-state index >= 15 is 0 Å². The van der Waals surface area contributed by atoms with E-state index in [2.05, 4.69) is 300 Å². The van der Waals surface area contributed by atoms with E-state index in [-0.39, 0.29) is 21.7 Å². The number of para-hydroxylation sites is 5. The quantitative estimate of drug-likeness (QED) is 0.0283. The number of nitrogens with zero attached hydrogens (tertiary/aromatic N) is 5. The van der Waals surface area contributed by atoms with Gasteiger partial charge in [-0.25, -0.2) is 0 Å². The molecule has 0 aromatic heterocycles. The zero-order valence-corrected chi connectivity index (χ0v) is 99.8. The number of benzene rings is 15. The van der Waals surface area contributed by atoms with E-state index in [1.807, 2.05) is 209 Å². The monoisotopic (exact) mass is 2240 g/mol. The Bertz CT molecular complexity index is 6170. The van der Waals surface area contributed by atoms with Crippen LogP contribution in [0.15, 0.2) is 340 Å². The van der Waals surface area contributed by atoms with Gasteiger partial charge in [0.25, 0.3) is 0 Å². The third kappa shape index (κ3) is 42.0. The summed E-state index contributed by atoms with van der Waals surface area (Å²) in [4.78, 5) is 0. The van der Waals surface area contributed by atoms with Crippen molar-refractivity contribution in [3.05, 3.63) is 444 Å². The number of aryl methyl sites for hydroxylation is 5. The molecule has 0 saturated carbocycles. The van der Waals surface area contributed by atoms with Crippen LogP contribution in [0.3, 0.4) is 0 Å². The van der Waals surface area contributed by atoms with E-state index in [4.69, 9.17) is 16.0 Å². The van der Waals surface area contributed by atoms with E-state index in [1.54, 1.807) is 6.07 Å².